The van der Waals surface area contributed by atoms with Gasteiger partial charge in [0.05, 0.1) is 0 Å². The maximum Gasteiger partial charge on any atom is 0.0300 e. The van der Waals surface area contributed by atoms with Gasteiger partial charge >= 0.3 is 0 Å². The molecule has 0 amide bonds. The average Bonchev–Trinajstić information content (AvgIpc) is 2.71. The predicted octanol–water partition coefficient (Wildman–Crippen LogP) is 2.58. The van der Waals surface area contributed by atoms with E-state index in [1.165, 1.54) is 5.56 Å². The van der Waals surface area contributed by atoms with Crippen LogP contribution in [0.5, 0.6) is 0 Å². The minimum Gasteiger partial charge on any atom is -0.264 e. The summed E-state index contributed by atoms with van der Waals surface area (Å²) >= 11 is 1.69. The van der Waals surface area contributed by atoms with Gasteiger partial charge in [-0.15, -0.1) is 0 Å². The van der Waals surface area contributed by atoms with Crippen molar-refractivity contribution in [2.45, 2.75) is 18.9 Å². The quantitative estimate of drug-likeness (QED) is 0.775. The van der Waals surface area contributed by atoms with Gasteiger partial charge in [-0.05, 0) is 46.9 Å². The number of thiophene rings is 1. The summed E-state index contributed by atoms with van der Waals surface area (Å²) in [5, 5.41) is 4.18. The highest BCUT2D eigenvalue weighted by Gasteiger charge is 2.06. The van der Waals surface area contributed by atoms with E-state index < -0.39 is 0 Å². The van der Waals surface area contributed by atoms with Crippen molar-refractivity contribution >= 4 is 11.3 Å². The summed E-state index contributed by atoms with van der Waals surface area (Å²) in [6.45, 7) is 0. The number of hydrogen-bond acceptors (Lipinski definition) is 2. The molecular weight excluding hydrogens is 204 g/mol. The number of nitrogens with zero attached hydrogens (tertiary/aromatic N) is 1. The minimum atomic E-state index is -0.0659. The molecule has 15 heavy (non-hydrogen) atoms. The first kappa shape index (κ1) is 10.3. The van der Waals surface area contributed by atoms with Crippen molar-refractivity contribution in [2.75, 3.05) is 0 Å². The Labute approximate surface area is 93.8 Å². The number of aromatic nitrogens is 1. The molecule has 1 radical (unpaired) electrons. The van der Waals surface area contributed by atoms with Crippen LogP contribution in [-0.2, 0) is 12.8 Å². The zero-order valence-electron chi connectivity index (χ0n) is 8.39. The minimum absolute atomic E-state index is 0.0659. The molecule has 1 unspecified atom stereocenters. The Morgan fingerprint density at radius 3 is 2.80 bits per heavy atom. The zero-order valence-corrected chi connectivity index (χ0v) is 9.20. The molecule has 1 atom stereocenters. The lowest BCUT2D eigenvalue weighted by atomic mass is 10.0. The summed E-state index contributed by atoms with van der Waals surface area (Å²) in [6.07, 6.45) is 5.22. The molecule has 0 aromatic carbocycles. The van der Waals surface area contributed by atoms with Crippen LogP contribution in [-0.4, -0.2) is 11.0 Å². The van der Waals surface area contributed by atoms with E-state index in [0.29, 0.717) is 0 Å². The molecule has 0 aliphatic heterocycles. The Kier molecular flexibility index (Phi) is 3.48. The van der Waals surface area contributed by atoms with Crippen molar-refractivity contribution in [3.8, 4) is 0 Å². The van der Waals surface area contributed by atoms with Crippen LogP contribution in [0.15, 0.2) is 41.4 Å². The molecule has 0 spiro atoms. The summed E-state index contributed by atoms with van der Waals surface area (Å²) in [5.74, 6) is 0. The van der Waals surface area contributed by atoms with E-state index in [4.69, 9.17) is 5.73 Å². The van der Waals surface area contributed by atoms with Gasteiger partial charge in [-0.25, -0.2) is 0 Å². The topological polar surface area (TPSA) is 36.7 Å². The van der Waals surface area contributed by atoms with Crippen molar-refractivity contribution in [3.63, 3.8) is 0 Å². The highest BCUT2D eigenvalue weighted by Crippen LogP contribution is 2.11. The van der Waals surface area contributed by atoms with Crippen molar-refractivity contribution in [3.05, 3.63) is 52.5 Å². The second-order valence-corrected chi connectivity index (χ2v) is 4.38. The monoisotopic (exact) mass is 217 g/mol. The molecule has 0 saturated heterocycles. The van der Waals surface area contributed by atoms with Crippen LogP contribution in [0, 0.1) is 0 Å². The van der Waals surface area contributed by atoms with E-state index in [9.17, 15) is 0 Å². The summed E-state index contributed by atoms with van der Waals surface area (Å²) in [5.41, 5.74) is 10.4. The number of nitrogens with one attached hydrogen (secondary N) is 1. The second kappa shape index (κ2) is 5.05. The van der Waals surface area contributed by atoms with Crippen molar-refractivity contribution in [1.29, 1.82) is 0 Å². The second-order valence-electron chi connectivity index (χ2n) is 3.60. The maximum absolute atomic E-state index is 7.96. The van der Waals surface area contributed by atoms with Crippen molar-refractivity contribution in [2.24, 2.45) is 0 Å². The summed E-state index contributed by atoms with van der Waals surface area (Å²) < 4.78 is 0. The third-order valence-electron chi connectivity index (χ3n) is 2.27. The van der Waals surface area contributed by atoms with Gasteiger partial charge in [0.1, 0.15) is 0 Å². The van der Waals surface area contributed by atoms with Gasteiger partial charge in [0.25, 0.3) is 0 Å². The summed E-state index contributed by atoms with van der Waals surface area (Å²) in [7, 11) is 0. The van der Waals surface area contributed by atoms with Crippen LogP contribution in [0.2, 0.25) is 0 Å². The summed E-state index contributed by atoms with van der Waals surface area (Å²) in [4.78, 5) is 4.05. The Bertz CT molecular complexity index is 383. The molecule has 2 aromatic heterocycles. The fourth-order valence-corrected chi connectivity index (χ4v) is 2.25. The third-order valence-corrected chi connectivity index (χ3v) is 3.00. The lowest BCUT2D eigenvalue weighted by Crippen LogP contribution is -2.15. The van der Waals surface area contributed by atoms with Crippen molar-refractivity contribution in [1.82, 2.24) is 10.7 Å². The molecule has 2 aromatic rings. The van der Waals surface area contributed by atoms with Crippen LogP contribution in [0.1, 0.15) is 11.1 Å². The van der Waals surface area contributed by atoms with Crippen LogP contribution in [0.25, 0.3) is 0 Å². The molecule has 2 heterocycles. The third kappa shape index (κ3) is 3.15. The SMILES string of the molecule is [NH]C(Cc1cccnc1)Cc1ccsc1. The molecule has 0 aliphatic carbocycles. The van der Waals surface area contributed by atoms with E-state index in [-0.39, 0.29) is 6.04 Å². The van der Waals surface area contributed by atoms with Crippen LogP contribution in [0.4, 0.5) is 0 Å². The molecule has 0 aliphatic rings. The average molecular weight is 217 g/mol. The van der Waals surface area contributed by atoms with Gasteiger partial charge in [0.15, 0.2) is 0 Å². The molecule has 0 fully saturated rings. The van der Waals surface area contributed by atoms with Gasteiger partial charge in [-0.1, -0.05) is 6.07 Å². The fraction of sp³-hybridized carbons (Fsp3) is 0.250. The molecule has 0 saturated carbocycles. The van der Waals surface area contributed by atoms with E-state index >= 15 is 0 Å². The maximum atomic E-state index is 7.96. The van der Waals surface area contributed by atoms with Gasteiger partial charge < -0.3 is 0 Å². The molecule has 2 nitrogen and oxygen atoms in total. The number of hydrogen-bond donors (Lipinski definition) is 0. The van der Waals surface area contributed by atoms with Gasteiger partial charge in [0, 0.05) is 18.4 Å². The first-order valence-corrected chi connectivity index (χ1v) is 5.90. The molecular formula is C12H13N2S. The smallest absolute Gasteiger partial charge is 0.0300 e. The van der Waals surface area contributed by atoms with E-state index in [1.54, 1.807) is 17.5 Å². The van der Waals surface area contributed by atoms with Gasteiger partial charge in [0.2, 0.25) is 0 Å². The van der Waals surface area contributed by atoms with Crippen LogP contribution >= 0.6 is 11.3 Å². The fourth-order valence-electron chi connectivity index (χ4n) is 1.57. The van der Waals surface area contributed by atoms with Crippen molar-refractivity contribution < 1.29 is 0 Å². The Morgan fingerprint density at radius 1 is 1.27 bits per heavy atom. The van der Waals surface area contributed by atoms with Gasteiger partial charge in [-0.3, -0.25) is 10.7 Å². The summed E-state index contributed by atoms with van der Waals surface area (Å²) in [6, 6.07) is 5.98. The highest BCUT2D eigenvalue weighted by molar-refractivity contribution is 7.07. The lowest BCUT2D eigenvalue weighted by Gasteiger charge is -2.08. The highest BCUT2D eigenvalue weighted by atomic mass is 32.1. The lowest BCUT2D eigenvalue weighted by molar-refractivity contribution is 0.644. The molecule has 0 bridgehead atoms. The number of pyridine rings is 1. The first-order valence-electron chi connectivity index (χ1n) is 4.95. The van der Waals surface area contributed by atoms with E-state index in [1.807, 2.05) is 18.3 Å². The molecule has 1 N–H and O–H groups in total. The number of rotatable bonds is 4. The Hall–Kier alpha value is -1.19. The molecule has 77 valence electrons. The van der Waals surface area contributed by atoms with Gasteiger partial charge in [-0.2, -0.15) is 11.3 Å². The Balaban J connectivity index is 1.90. The van der Waals surface area contributed by atoms with Crippen LogP contribution < -0.4 is 5.73 Å². The predicted molar refractivity (Wildman–Crippen MR) is 62.8 cm³/mol. The zero-order chi connectivity index (χ0) is 10.5. The Morgan fingerprint density at radius 2 is 2.13 bits per heavy atom. The normalized spacial score (nSPS) is 12.6. The van der Waals surface area contributed by atoms with Crippen LogP contribution in [0.3, 0.4) is 0 Å². The van der Waals surface area contributed by atoms with E-state index in [0.717, 1.165) is 18.4 Å². The van der Waals surface area contributed by atoms with E-state index in [2.05, 4.69) is 21.8 Å². The molecule has 3 heteroatoms. The first-order chi connectivity index (χ1) is 7.34. The standard InChI is InChI=1S/C12H13N2S/c13-12(7-11-3-5-15-9-11)6-10-2-1-4-14-8-10/h1-5,8-9,12-13H,6-7H2. The molecule has 2 rings (SSSR count). The largest absolute Gasteiger partial charge is 0.264 e.